The number of aryl methyl sites for hydroxylation is 1. The zero-order valence-corrected chi connectivity index (χ0v) is 13.6. The monoisotopic (exact) mass is 322 g/mol. The zero-order valence-electron chi connectivity index (χ0n) is 12.8. The van der Waals surface area contributed by atoms with Crippen molar-refractivity contribution in [2.24, 2.45) is 13.0 Å². The standard InChI is InChI=1S/C15H19ClN4O2/c1-8-6-17-9(2)4-11(8)20-13-12(5-10(16)7-18-13)19(3)14(21)15(20)22/h5,7-9,11,17H,4,6H2,1-3H3/t8-,9+,11?/m0/s1. The predicted molar refractivity (Wildman–Crippen MR) is 86.5 cm³/mol. The van der Waals surface area contributed by atoms with Crippen molar-refractivity contribution >= 4 is 22.8 Å². The average molecular weight is 323 g/mol. The summed E-state index contributed by atoms with van der Waals surface area (Å²) in [7, 11) is 1.57. The molecule has 118 valence electrons. The molecule has 1 fully saturated rings. The summed E-state index contributed by atoms with van der Waals surface area (Å²) in [5, 5.41) is 3.84. The minimum Gasteiger partial charge on any atom is -0.314 e. The molecule has 0 spiro atoms. The molecular formula is C15H19ClN4O2. The first-order chi connectivity index (χ1) is 10.4. The Morgan fingerprint density at radius 1 is 1.32 bits per heavy atom. The van der Waals surface area contributed by atoms with Crippen molar-refractivity contribution in [3.8, 4) is 0 Å². The number of pyridine rings is 1. The van der Waals surface area contributed by atoms with E-state index < -0.39 is 11.1 Å². The summed E-state index contributed by atoms with van der Waals surface area (Å²) < 4.78 is 2.89. The number of hydrogen-bond acceptors (Lipinski definition) is 4. The molecule has 0 saturated carbocycles. The van der Waals surface area contributed by atoms with Crippen LogP contribution in [0.3, 0.4) is 0 Å². The maximum atomic E-state index is 12.6. The molecule has 0 aliphatic carbocycles. The van der Waals surface area contributed by atoms with Gasteiger partial charge in [-0.15, -0.1) is 0 Å². The normalized spacial score (nSPS) is 25.5. The molecule has 0 bridgehead atoms. The SMILES string of the molecule is C[C@@H]1CC(n2c(=O)c(=O)n(C)c3cc(Cl)cnc32)[C@@H](C)CN1. The summed E-state index contributed by atoms with van der Waals surface area (Å²) in [5.74, 6) is 0.238. The summed E-state index contributed by atoms with van der Waals surface area (Å²) in [5.41, 5.74) is 0.0312. The van der Waals surface area contributed by atoms with Gasteiger partial charge in [0, 0.05) is 25.3 Å². The quantitative estimate of drug-likeness (QED) is 0.804. The summed E-state index contributed by atoms with van der Waals surface area (Å²) in [6, 6.07) is 1.92. The van der Waals surface area contributed by atoms with Crippen molar-refractivity contribution in [2.45, 2.75) is 32.4 Å². The molecule has 7 heteroatoms. The third kappa shape index (κ3) is 2.36. The van der Waals surface area contributed by atoms with Crippen molar-refractivity contribution in [3.05, 3.63) is 38.0 Å². The minimum absolute atomic E-state index is 0.0474. The van der Waals surface area contributed by atoms with Crippen LogP contribution in [0.25, 0.3) is 11.2 Å². The molecule has 2 aromatic heterocycles. The minimum atomic E-state index is -0.546. The lowest BCUT2D eigenvalue weighted by Crippen LogP contribution is -2.49. The Bertz CT molecular complexity index is 842. The van der Waals surface area contributed by atoms with Gasteiger partial charge in [0.25, 0.3) is 0 Å². The number of piperidine rings is 1. The van der Waals surface area contributed by atoms with Crippen molar-refractivity contribution in [2.75, 3.05) is 6.54 Å². The largest absolute Gasteiger partial charge is 0.318 e. The van der Waals surface area contributed by atoms with E-state index >= 15 is 0 Å². The number of rotatable bonds is 1. The van der Waals surface area contributed by atoms with E-state index in [0.29, 0.717) is 22.2 Å². The molecular weight excluding hydrogens is 304 g/mol. The fourth-order valence-electron chi connectivity index (χ4n) is 3.17. The topological polar surface area (TPSA) is 68.9 Å². The van der Waals surface area contributed by atoms with Gasteiger partial charge < -0.3 is 9.88 Å². The molecule has 2 aromatic rings. The Morgan fingerprint density at radius 3 is 2.77 bits per heavy atom. The third-order valence-corrected chi connectivity index (χ3v) is 4.69. The van der Waals surface area contributed by atoms with E-state index in [2.05, 4.69) is 24.1 Å². The smallest absolute Gasteiger partial charge is 0.314 e. The Hall–Kier alpha value is -1.66. The van der Waals surface area contributed by atoms with E-state index in [0.717, 1.165) is 13.0 Å². The van der Waals surface area contributed by atoms with Crippen molar-refractivity contribution < 1.29 is 0 Å². The first-order valence-corrected chi connectivity index (χ1v) is 7.78. The Labute approximate surface area is 132 Å². The van der Waals surface area contributed by atoms with Gasteiger partial charge in [-0.05, 0) is 31.9 Å². The molecule has 1 unspecified atom stereocenters. The molecule has 6 nitrogen and oxygen atoms in total. The fraction of sp³-hybridized carbons (Fsp3) is 0.533. The number of nitrogens with one attached hydrogen (secondary N) is 1. The van der Waals surface area contributed by atoms with Gasteiger partial charge in [0.15, 0.2) is 5.65 Å². The lowest BCUT2D eigenvalue weighted by atomic mass is 9.91. The van der Waals surface area contributed by atoms with Crippen LogP contribution >= 0.6 is 11.6 Å². The molecule has 0 radical (unpaired) electrons. The van der Waals surface area contributed by atoms with Crippen molar-refractivity contribution in [1.29, 1.82) is 0 Å². The molecule has 1 saturated heterocycles. The van der Waals surface area contributed by atoms with Gasteiger partial charge in [-0.1, -0.05) is 18.5 Å². The van der Waals surface area contributed by atoms with Gasteiger partial charge in [-0.3, -0.25) is 14.2 Å². The summed E-state index contributed by atoms with van der Waals surface area (Å²) in [6.45, 7) is 4.97. The number of fused-ring (bicyclic) bond motifs is 1. The van der Waals surface area contributed by atoms with Crippen LogP contribution in [0.5, 0.6) is 0 Å². The van der Waals surface area contributed by atoms with E-state index in [1.165, 1.54) is 10.8 Å². The van der Waals surface area contributed by atoms with Gasteiger partial charge in [0.1, 0.15) is 0 Å². The summed E-state index contributed by atoms with van der Waals surface area (Å²) in [6.07, 6.45) is 2.30. The maximum absolute atomic E-state index is 12.6. The lowest BCUT2D eigenvalue weighted by molar-refractivity contribution is 0.233. The number of halogens is 1. The van der Waals surface area contributed by atoms with Crippen LogP contribution in [0.15, 0.2) is 21.9 Å². The van der Waals surface area contributed by atoms with E-state index in [-0.39, 0.29) is 12.0 Å². The molecule has 3 heterocycles. The molecule has 1 aliphatic heterocycles. The first-order valence-electron chi connectivity index (χ1n) is 7.40. The van der Waals surface area contributed by atoms with Crippen LogP contribution < -0.4 is 16.4 Å². The molecule has 0 amide bonds. The van der Waals surface area contributed by atoms with Crippen LogP contribution in [0.1, 0.15) is 26.3 Å². The molecule has 0 aromatic carbocycles. The van der Waals surface area contributed by atoms with E-state index in [9.17, 15) is 9.59 Å². The highest BCUT2D eigenvalue weighted by molar-refractivity contribution is 6.31. The van der Waals surface area contributed by atoms with Gasteiger partial charge >= 0.3 is 11.1 Å². The second-order valence-corrected chi connectivity index (χ2v) is 6.56. The predicted octanol–water partition coefficient (Wildman–Crippen LogP) is 1.31. The second kappa shape index (κ2) is 5.52. The highest BCUT2D eigenvalue weighted by Gasteiger charge is 2.29. The van der Waals surface area contributed by atoms with E-state index in [1.54, 1.807) is 17.7 Å². The zero-order chi connectivity index (χ0) is 16.0. The maximum Gasteiger partial charge on any atom is 0.318 e. The summed E-state index contributed by atoms with van der Waals surface area (Å²) >= 11 is 6.00. The molecule has 3 rings (SSSR count). The van der Waals surface area contributed by atoms with E-state index in [1.807, 2.05) is 0 Å². The molecule has 3 atom stereocenters. The van der Waals surface area contributed by atoms with Gasteiger partial charge in [-0.25, -0.2) is 4.98 Å². The number of aromatic nitrogens is 3. The number of nitrogens with zero attached hydrogens (tertiary/aromatic N) is 3. The number of hydrogen-bond donors (Lipinski definition) is 1. The van der Waals surface area contributed by atoms with Crippen molar-refractivity contribution in [1.82, 2.24) is 19.4 Å². The Morgan fingerprint density at radius 2 is 2.05 bits per heavy atom. The van der Waals surface area contributed by atoms with Crippen LogP contribution in [-0.4, -0.2) is 26.7 Å². The van der Waals surface area contributed by atoms with Gasteiger partial charge in [-0.2, -0.15) is 0 Å². The molecule has 22 heavy (non-hydrogen) atoms. The second-order valence-electron chi connectivity index (χ2n) is 6.13. The van der Waals surface area contributed by atoms with E-state index in [4.69, 9.17) is 11.6 Å². The first kappa shape index (κ1) is 15.2. The molecule has 1 aliphatic rings. The molecule has 1 N–H and O–H groups in total. The Kier molecular flexibility index (Phi) is 3.82. The average Bonchev–Trinajstić information content (AvgIpc) is 2.49. The highest BCUT2D eigenvalue weighted by Crippen LogP contribution is 2.28. The van der Waals surface area contributed by atoms with Gasteiger partial charge in [0.2, 0.25) is 0 Å². The summed E-state index contributed by atoms with van der Waals surface area (Å²) in [4.78, 5) is 29.2. The van der Waals surface area contributed by atoms with Crippen LogP contribution in [0.2, 0.25) is 5.02 Å². The van der Waals surface area contributed by atoms with Gasteiger partial charge in [0.05, 0.1) is 10.5 Å². The van der Waals surface area contributed by atoms with Crippen LogP contribution in [0.4, 0.5) is 0 Å². The lowest BCUT2D eigenvalue weighted by Gasteiger charge is -2.35. The fourth-order valence-corrected chi connectivity index (χ4v) is 3.33. The Balaban J connectivity index is 2.33. The van der Waals surface area contributed by atoms with Crippen molar-refractivity contribution in [3.63, 3.8) is 0 Å². The van der Waals surface area contributed by atoms with Crippen LogP contribution in [0, 0.1) is 5.92 Å². The highest BCUT2D eigenvalue weighted by atomic mass is 35.5. The van der Waals surface area contributed by atoms with Crippen LogP contribution in [-0.2, 0) is 7.05 Å². The third-order valence-electron chi connectivity index (χ3n) is 4.48.